The maximum atomic E-state index is 12.2. The summed E-state index contributed by atoms with van der Waals surface area (Å²) in [5.41, 5.74) is 6.20. The average Bonchev–Trinajstić information content (AvgIpc) is 2.36. The van der Waals surface area contributed by atoms with Gasteiger partial charge in [0.05, 0.1) is 10.4 Å². The minimum Gasteiger partial charge on any atom is -0.327 e. The molecule has 5 nitrogen and oxygen atoms in total. The van der Waals surface area contributed by atoms with Crippen LogP contribution >= 0.6 is 0 Å². The third kappa shape index (κ3) is 2.66. The maximum Gasteiger partial charge on any atom is 0.241 e. The molecule has 2 aromatic rings. The van der Waals surface area contributed by atoms with Crippen LogP contribution < -0.4 is 10.5 Å². The normalized spacial score (nSPS) is 13.7. The van der Waals surface area contributed by atoms with Gasteiger partial charge in [0.1, 0.15) is 0 Å². The van der Waals surface area contributed by atoms with E-state index < -0.39 is 10.0 Å². The van der Waals surface area contributed by atoms with E-state index in [1.165, 1.54) is 0 Å². The molecule has 0 amide bonds. The van der Waals surface area contributed by atoms with Crippen molar-refractivity contribution in [3.8, 4) is 0 Å². The number of rotatable bonds is 4. The van der Waals surface area contributed by atoms with Crippen LogP contribution in [0.1, 0.15) is 6.92 Å². The van der Waals surface area contributed by atoms with E-state index in [1.807, 2.05) is 0 Å². The molecule has 0 radical (unpaired) electrons. The molecule has 3 N–H and O–H groups in total. The average molecular weight is 265 g/mol. The van der Waals surface area contributed by atoms with Gasteiger partial charge in [0.2, 0.25) is 10.0 Å². The Labute approximate surface area is 106 Å². The predicted octanol–water partition coefficient (Wildman–Crippen LogP) is 0.860. The Kier molecular flexibility index (Phi) is 3.60. The van der Waals surface area contributed by atoms with Crippen LogP contribution in [-0.2, 0) is 10.0 Å². The number of hydrogen-bond donors (Lipinski definition) is 2. The van der Waals surface area contributed by atoms with Crippen molar-refractivity contribution in [2.24, 2.45) is 5.73 Å². The summed E-state index contributed by atoms with van der Waals surface area (Å²) in [6, 6.07) is 8.24. The number of aromatic nitrogens is 1. The molecular weight excluding hydrogens is 250 g/mol. The van der Waals surface area contributed by atoms with Crippen molar-refractivity contribution in [1.29, 1.82) is 0 Å². The lowest BCUT2D eigenvalue weighted by atomic mass is 10.2. The van der Waals surface area contributed by atoms with Crippen molar-refractivity contribution < 1.29 is 8.42 Å². The molecule has 0 saturated carbocycles. The fourth-order valence-corrected chi connectivity index (χ4v) is 2.99. The Bertz CT molecular complexity index is 648. The summed E-state index contributed by atoms with van der Waals surface area (Å²) in [6.45, 7) is 1.95. The van der Waals surface area contributed by atoms with E-state index in [-0.39, 0.29) is 17.5 Å². The summed E-state index contributed by atoms with van der Waals surface area (Å²) in [5, 5.41) is 0.608. The highest BCUT2D eigenvalue weighted by Gasteiger charge is 2.17. The van der Waals surface area contributed by atoms with E-state index in [2.05, 4.69) is 9.71 Å². The largest absolute Gasteiger partial charge is 0.327 e. The highest BCUT2D eigenvalue weighted by Crippen LogP contribution is 2.20. The lowest BCUT2D eigenvalue weighted by Gasteiger charge is -2.10. The van der Waals surface area contributed by atoms with Crippen molar-refractivity contribution in [3.63, 3.8) is 0 Å². The van der Waals surface area contributed by atoms with Crippen molar-refractivity contribution >= 4 is 20.9 Å². The zero-order valence-corrected chi connectivity index (χ0v) is 10.8. The molecule has 6 heteroatoms. The molecule has 1 atom stereocenters. The molecule has 1 unspecified atom stereocenters. The summed E-state index contributed by atoms with van der Waals surface area (Å²) in [4.78, 5) is 4.36. The van der Waals surface area contributed by atoms with Crippen molar-refractivity contribution in [3.05, 3.63) is 36.5 Å². The third-order valence-corrected chi connectivity index (χ3v) is 3.97. The summed E-state index contributed by atoms with van der Waals surface area (Å²) < 4.78 is 26.8. The second-order valence-electron chi connectivity index (χ2n) is 4.16. The smallest absolute Gasteiger partial charge is 0.241 e. The van der Waals surface area contributed by atoms with Crippen molar-refractivity contribution in [2.45, 2.75) is 17.9 Å². The summed E-state index contributed by atoms with van der Waals surface area (Å²) in [7, 11) is -3.55. The van der Waals surface area contributed by atoms with Crippen LogP contribution in [0, 0.1) is 0 Å². The molecular formula is C12H15N3O2S. The molecule has 0 spiro atoms. The van der Waals surface area contributed by atoms with Gasteiger partial charge in [-0.3, -0.25) is 4.98 Å². The van der Waals surface area contributed by atoms with Crippen molar-refractivity contribution in [2.75, 3.05) is 6.54 Å². The number of hydrogen-bond acceptors (Lipinski definition) is 4. The van der Waals surface area contributed by atoms with Gasteiger partial charge in [0, 0.05) is 24.2 Å². The zero-order chi connectivity index (χ0) is 13.2. The van der Waals surface area contributed by atoms with Gasteiger partial charge >= 0.3 is 0 Å². The van der Waals surface area contributed by atoms with Crippen LogP contribution in [-0.4, -0.2) is 26.0 Å². The Balaban J connectivity index is 2.47. The topological polar surface area (TPSA) is 85.1 Å². The maximum absolute atomic E-state index is 12.2. The molecule has 0 saturated heterocycles. The molecule has 0 aliphatic heterocycles. The molecule has 96 valence electrons. The Morgan fingerprint density at radius 1 is 1.33 bits per heavy atom. The molecule has 0 fully saturated rings. The molecule has 18 heavy (non-hydrogen) atoms. The number of pyridine rings is 1. The summed E-state index contributed by atoms with van der Waals surface area (Å²) in [6.07, 6.45) is 1.63. The fraction of sp³-hybridized carbons (Fsp3) is 0.250. The van der Waals surface area contributed by atoms with Gasteiger partial charge in [0.15, 0.2) is 0 Å². The fourth-order valence-electron chi connectivity index (χ4n) is 1.63. The Hall–Kier alpha value is -1.50. The Morgan fingerprint density at radius 2 is 2.11 bits per heavy atom. The highest BCUT2D eigenvalue weighted by molar-refractivity contribution is 7.89. The van der Waals surface area contributed by atoms with E-state index >= 15 is 0 Å². The van der Waals surface area contributed by atoms with E-state index in [9.17, 15) is 8.42 Å². The molecule has 2 rings (SSSR count). The van der Waals surface area contributed by atoms with Gasteiger partial charge in [-0.1, -0.05) is 6.07 Å². The lowest BCUT2D eigenvalue weighted by molar-refractivity contribution is 0.575. The van der Waals surface area contributed by atoms with Gasteiger partial charge in [-0.15, -0.1) is 0 Å². The molecule has 1 heterocycles. The van der Waals surface area contributed by atoms with Gasteiger partial charge in [-0.2, -0.15) is 0 Å². The zero-order valence-electron chi connectivity index (χ0n) is 10.00. The van der Waals surface area contributed by atoms with E-state index in [0.717, 1.165) is 0 Å². The number of nitrogens with two attached hydrogens (primary N) is 1. The van der Waals surface area contributed by atoms with Gasteiger partial charge in [-0.05, 0) is 31.2 Å². The second kappa shape index (κ2) is 5.01. The predicted molar refractivity (Wildman–Crippen MR) is 70.6 cm³/mol. The molecule has 0 bridgehead atoms. The van der Waals surface area contributed by atoms with Crippen LogP contribution in [0.2, 0.25) is 0 Å². The Morgan fingerprint density at radius 3 is 2.83 bits per heavy atom. The van der Waals surface area contributed by atoms with Crippen LogP contribution in [0.25, 0.3) is 10.9 Å². The molecule has 1 aromatic heterocycles. The minimum absolute atomic E-state index is 0.207. The van der Waals surface area contributed by atoms with E-state index in [0.29, 0.717) is 10.9 Å². The first-order chi connectivity index (χ1) is 8.50. The van der Waals surface area contributed by atoms with Crippen LogP contribution in [0.15, 0.2) is 41.4 Å². The number of nitrogens with one attached hydrogen (secondary N) is 1. The number of fused-ring (bicyclic) bond motifs is 1. The van der Waals surface area contributed by atoms with E-state index in [1.54, 1.807) is 43.5 Å². The minimum atomic E-state index is -3.55. The number of benzene rings is 1. The van der Waals surface area contributed by atoms with Crippen molar-refractivity contribution in [1.82, 2.24) is 9.71 Å². The third-order valence-electron chi connectivity index (χ3n) is 2.49. The molecule has 0 aliphatic carbocycles. The first kappa shape index (κ1) is 12.9. The quantitative estimate of drug-likeness (QED) is 0.858. The van der Waals surface area contributed by atoms with Crippen LogP contribution in [0.3, 0.4) is 0 Å². The number of sulfonamides is 1. The summed E-state index contributed by atoms with van der Waals surface area (Å²) in [5.74, 6) is 0. The van der Waals surface area contributed by atoms with Gasteiger partial charge in [0.25, 0.3) is 0 Å². The number of nitrogens with zero attached hydrogens (tertiary/aromatic N) is 1. The van der Waals surface area contributed by atoms with E-state index in [4.69, 9.17) is 5.73 Å². The molecule has 0 aliphatic rings. The summed E-state index contributed by atoms with van der Waals surface area (Å²) >= 11 is 0. The first-order valence-corrected chi connectivity index (χ1v) is 7.08. The standard InChI is InChI=1S/C12H15N3O2S/c1-9(13)8-15-18(16,17)12-6-2-5-11-10(12)4-3-7-14-11/h2-7,9,15H,8,13H2,1H3. The SMILES string of the molecule is CC(N)CNS(=O)(=O)c1cccc2ncccc12. The molecule has 1 aromatic carbocycles. The monoisotopic (exact) mass is 265 g/mol. The second-order valence-corrected chi connectivity index (χ2v) is 5.89. The lowest BCUT2D eigenvalue weighted by Crippen LogP contribution is -2.35. The first-order valence-electron chi connectivity index (χ1n) is 5.60. The van der Waals surface area contributed by atoms with Gasteiger partial charge < -0.3 is 5.73 Å². The van der Waals surface area contributed by atoms with Crippen LogP contribution in [0.5, 0.6) is 0 Å². The van der Waals surface area contributed by atoms with Gasteiger partial charge in [-0.25, -0.2) is 13.1 Å². The highest BCUT2D eigenvalue weighted by atomic mass is 32.2. The van der Waals surface area contributed by atoms with Crippen LogP contribution in [0.4, 0.5) is 0 Å².